The van der Waals surface area contributed by atoms with Gasteiger partial charge in [0.25, 0.3) is 0 Å². The van der Waals surface area contributed by atoms with Crippen molar-refractivity contribution in [2.45, 2.75) is 0 Å². The molecule has 4 nitrogen and oxygen atoms in total. The van der Waals surface area contributed by atoms with Gasteiger partial charge in [-0.05, 0) is 121 Å². The van der Waals surface area contributed by atoms with Crippen LogP contribution >= 0.6 is 38.6 Å². The van der Waals surface area contributed by atoms with E-state index in [2.05, 4.69) is 243 Å². The molecule has 322 valence electrons. The van der Waals surface area contributed by atoms with Crippen LogP contribution in [-0.2, 0) is 0 Å². The number of nitrogens with two attached hydrogens (primary N) is 1. The predicted octanol–water partition coefficient (Wildman–Crippen LogP) is 18.2. The Bertz CT molecular complexity index is 4120. The van der Waals surface area contributed by atoms with Crippen LogP contribution in [0.25, 0.3) is 95.3 Å². The highest BCUT2D eigenvalue weighted by molar-refractivity contribution is 9.10. The van der Waals surface area contributed by atoms with Crippen LogP contribution in [-0.4, -0.2) is 9.13 Å². The van der Waals surface area contributed by atoms with Crippen molar-refractivity contribution < 1.29 is 1.43 Å². The Morgan fingerprint density at radius 2 is 0.746 bits per heavy atom. The van der Waals surface area contributed by atoms with E-state index in [1.165, 1.54) is 95.3 Å². The van der Waals surface area contributed by atoms with Gasteiger partial charge in [0.15, 0.2) is 0 Å². The smallest absolute Gasteiger partial charge is 0.0542 e. The third-order valence-corrected chi connectivity index (χ3v) is 15.2. The Morgan fingerprint density at radius 1 is 0.343 bits per heavy atom. The standard InChI is InChI=1S/C30H20N2S.C18H12BrN.C12H9NS.H/c1-2-8-22(9-3-1)32-27-12-6-4-10-23(27)25-18-20(14-16-28(25)32)31-21-15-17-30-26(19-21)24-11-5-7-13-29(24)33-30;19-13-10-11-18-16(12-13)15-8-4-5-9-17(15)20(18)14-6-2-1-3-7-14;13-8-5-6-12-10(7-8)9-3-1-2-4-11(9)14-12;/h1-19,31H;1-12H;1-7H,13H2;/q;;;-1/i;;;1+1. The van der Waals surface area contributed by atoms with Crippen LogP contribution in [0.4, 0.5) is 17.1 Å². The molecule has 0 aliphatic carbocycles. The molecule has 0 fully saturated rings. The summed E-state index contributed by atoms with van der Waals surface area (Å²) in [4.78, 5) is 0. The first-order chi connectivity index (χ1) is 33.0. The van der Waals surface area contributed by atoms with Crippen molar-refractivity contribution in [1.29, 1.82) is 0 Å². The van der Waals surface area contributed by atoms with Gasteiger partial charge >= 0.3 is 0 Å². The van der Waals surface area contributed by atoms with E-state index in [-0.39, 0.29) is 1.43 Å². The summed E-state index contributed by atoms with van der Waals surface area (Å²) < 4.78 is 11.1. The zero-order chi connectivity index (χ0) is 44.8. The molecular formula is C60H42BrN4S2-. The fourth-order valence-corrected chi connectivity index (χ4v) is 12.0. The van der Waals surface area contributed by atoms with E-state index in [0.717, 1.165) is 21.5 Å². The Balaban J connectivity index is 0.000000123. The number of hydrogen-bond acceptors (Lipinski definition) is 4. The zero-order valence-corrected chi connectivity index (χ0v) is 39.3. The van der Waals surface area contributed by atoms with Gasteiger partial charge in [-0.3, -0.25) is 0 Å². The van der Waals surface area contributed by atoms with Gasteiger partial charge < -0.3 is 21.6 Å². The maximum atomic E-state index is 5.78. The van der Waals surface area contributed by atoms with Crippen molar-refractivity contribution in [2.24, 2.45) is 0 Å². The van der Waals surface area contributed by atoms with Gasteiger partial charge in [-0.15, -0.1) is 22.7 Å². The average molecular weight is 964 g/mol. The van der Waals surface area contributed by atoms with Gasteiger partial charge in [0.2, 0.25) is 0 Å². The number of para-hydroxylation sites is 4. The highest BCUT2D eigenvalue weighted by Gasteiger charge is 2.14. The summed E-state index contributed by atoms with van der Waals surface area (Å²) >= 11 is 7.24. The van der Waals surface area contributed by atoms with E-state index < -0.39 is 0 Å². The lowest BCUT2D eigenvalue weighted by Gasteiger charge is -2.09. The number of hydrogen-bond donors (Lipinski definition) is 2. The van der Waals surface area contributed by atoms with Crippen LogP contribution in [0.15, 0.2) is 235 Å². The monoisotopic (exact) mass is 962 g/mol. The van der Waals surface area contributed by atoms with Gasteiger partial charge in [-0.25, -0.2) is 0 Å². The van der Waals surface area contributed by atoms with Crippen LogP contribution < -0.4 is 11.1 Å². The maximum Gasteiger partial charge on any atom is 0.0542 e. The molecule has 0 atom stereocenters. The second kappa shape index (κ2) is 17.3. The summed E-state index contributed by atoms with van der Waals surface area (Å²) in [6.07, 6.45) is 0. The molecular weight excluding hydrogens is 921 g/mol. The van der Waals surface area contributed by atoms with Crippen molar-refractivity contribution in [1.82, 2.24) is 9.13 Å². The first-order valence-corrected chi connectivity index (χ1v) is 24.6. The van der Waals surface area contributed by atoms with Gasteiger partial charge in [-0.1, -0.05) is 125 Å². The van der Waals surface area contributed by atoms with Gasteiger partial charge in [0, 0.05) is 94.8 Å². The van der Waals surface area contributed by atoms with Crippen molar-refractivity contribution >= 4 is 140 Å². The number of aromatic nitrogens is 2. The van der Waals surface area contributed by atoms with Gasteiger partial charge in [-0.2, -0.15) is 0 Å². The molecule has 14 aromatic rings. The molecule has 0 aliphatic rings. The lowest BCUT2D eigenvalue weighted by molar-refractivity contribution is 1.18. The number of rotatable bonds is 4. The molecule has 0 radical (unpaired) electrons. The average Bonchev–Trinajstić information content (AvgIpc) is 4.12. The minimum atomic E-state index is 0. The highest BCUT2D eigenvalue weighted by Crippen LogP contribution is 2.39. The Morgan fingerprint density at radius 3 is 1.33 bits per heavy atom. The van der Waals surface area contributed by atoms with Crippen LogP contribution in [0.2, 0.25) is 0 Å². The lowest BCUT2D eigenvalue weighted by Crippen LogP contribution is -1.93. The molecule has 4 heterocycles. The number of anilines is 3. The Labute approximate surface area is 405 Å². The summed E-state index contributed by atoms with van der Waals surface area (Å²) in [7, 11) is 0. The number of fused-ring (bicyclic) bond motifs is 12. The topological polar surface area (TPSA) is 47.9 Å². The number of nitrogens with zero attached hydrogens (tertiary/aromatic N) is 2. The zero-order valence-electron chi connectivity index (χ0n) is 37.1. The maximum absolute atomic E-state index is 5.78. The molecule has 0 spiro atoms. The molecule has 10 aromatic carbocycles. The summed E-state index contributed by atoms with van der Waals surface area (Å²) in [5.41, 5.74) is 16.1. The van der Waals surface area contributed by atoms with E-state index in [4.69, 9.17) is 5.73 Å². The van der Waals surface area contributed by atoms with Gasteiger partial charge in [0.05, 0.1) is 22.1 Å². The molecule has 7 heteroatoms. The van der Waals surface area contributed by atoms with Crippen molar-refractivity contribution in [3.05, 3.63) is 235 Å². The van der Waals surface area contributed by atoms with Crippen LogP contribution in [0.1, 0.15) is 1.43 Å². The number of thiophene rings is 2. The molecule has 0 saturated heterocycles. The van der Waals surface area contributed by atoms with Crippen LogP contribution in [0.5, 0.6) is 0 Å². The lowest BCUT2D eigenvalue weighted by atomic mass is 10.1. The number of halogens is 1. The van der Waals surface area contributed by atoms with E-state index in [1.807, 2.05) is 40.9 Å². The van der Waals surface area contributed by atoms with E-state index >= 15 is 0 Å². The second-order valence-electron chi connectivity index (χ2n) is 16.6. The predicted molar refractivity (Wildman–Crippen MR) is 297 cm³/mol. The number of benzene rings is 10. The third kappa shape index (κ3) is 7.57. The van der Waals surface area contributed by atoms with E-state index in [0.29, 0.717) is 0 Å². The molecule has 67 heavy (non-hydrogen) atoms. The molecule has 4 aromatic heterocycles. The highest BCUT2D eigenvalue weighted by atomic mass is 79.9. The summed E-state index contributed by atoms with van der Waals surface area (Å²) in [5, 5.41) is 13.9. The number of nitrogen functional groups attached to an aromatic ring is 1. The molecule has 3 N–H and O–H groups in total. The Hall–Kier alpha value is -7.68. The summed E-state index contributed by atoms with van der Waals surface area (Å²) in [6, 6.07) is 81.2. The Kier molecular flexibility index (Phi) is 10.5. The molecule has 0 aliphatic heterocycles. The SMILES string of the molecule is Brc1ccc2c(c1)c1ccccc1n2-c1ccccc1.Nc1ccc2sc3ccccc3c2c1.[2H-].c1ccc(-n2c3ccccc3c3cc(Nc4ccc5sc6ccccc6c5c4)ccc32)cc1. The van der Waals surface area contributed by atoms with Crippen LogP contribution in [0, 0.1) is 0 Å². The van der Waals surface area contributed by atoms with Crippen molar-refractivity contribution in [3.63, 3.8) is 0 Å². The quantitative estimate of drug-likeness (QED) is 0.173. The molecule has 14 rings (SSSR count). The van der Waals surface area contributed by atoms with E-state index in [1.54, 1.807) is 0 Å². The van der Waals surface area contributed by atoms with Crippen LogP contribution in [0.3, 0.4) is 0 Å². The molecule has 0 unspecified atom stereocenters. The van der Waals surface area contributed by atoms with Crippen molar-refractivity contribution in [3.8, 4) is 11.4 Å². The fourth-order valence-electron chi connectivity index (χ4n) is 9.42. The van der Waals surface area contributed by atoms with Gasteiger partial charge in [0.1, 0.15) is 0 Å². The van der Waals surface area contributed by atoms with E-state index in [9.17, 15) is 0 Å². The molecule has 0 bridgehead atoms. The summed E-state index contributed by atoms with van der Waals surface area (Å²) in [5.74, 6) is 0. The third-order valence-electron chi connectivity index (χ3n) is 12.4. The minimum absolute atomic E-state index is 0. The first-order valence-electron chi connectivity index (χ1n) is 22.2. The molecule has 0 amide bonds. The fraction of sp³-hybridized carbons (Fsp3) is 0. The second-order valence-corrected chi connectivity index (χ2v) is 19.6. The summed E-state index contributed by atoms with van der Waals surface area (Å²) in [6.45, 7) is 0. The largest absolute Gasteiger partial charge is 1.00 e. The first kappa shape index (κ1) is 40.8. The molecule has 0 saturated carbocycles. The normalized spacial score (nSPS) is 11.4. The van der Waals surface area contributed by atoms with Crippen molar-refractivity contribution in [2.75, 3.05) is 11.1 Å². The minimum Gasteiger partial charge on any atom is -1.00 e. The number of nitrogens with one attached hydrogen (secondary N) is 1.